The number of aliphatic hydroxyl groups excluding tert-OH is 1. The number of carbonyl (C=O) groups excluding carboxylic acids is 1. The molecular weight excluding hydrogens is 508 g/mol. The predicted octanol–water partition coefficient (Wildman–Crippen LogP) is 3.81. The number of aliphatic hydroxyl groups is 2. The number of aryl methyl sites for hydroxylation is 2. The van der Waals surface area contributed by atoms with Gasteiger partial charge in [-0.1, -0.05) is 26.0 Å². The summed E-state index contributed by atoms with van der Waals surface area (Å²) in [6.07, 6.45) is 9.66. The van der Waals surface area contributed by atoms with E-state index in [1.165, 1.54) is 0 Å². The van der Waals surface area contributed by atoms with Crippen LogP contribution in [0.25, 0.3) is 0 Å². The van der Waals surface area contributed by atoms with E-state index in [0.717, 1.165) is 48.2 Å². The van der Waals surface area contributed by atoms with Crippen molar-refractivity contribution in [3.8, 4) is 0 Å². The molecule has 3 N–H and O–H groups in total. The van der Waals surface area contributed by atoms with Gasteiger partial charge in [0.1, 0.15) is 17.3 Å². The highest BCUT2D eigenvalue weighted by atomic mass is 16.7. The van der Waals surface area contributed by atoms with Crippen LogP contribution in [-0.4, -0.2) is 82.0 Å². The molecule has 3 aliphatic heterocycles. The number of hydrogen-bond acceptors (Lipinski definition) is 7. The van der Waals surface area contributed by atoms with Crippen LogP contribution in [0, 0.1) is 23.7 Å². The summed E-state index contributed by atoms with van der Waals surface area (Å²) in [6, 6.07) is 0. The predicted molar refractivity (Wildman–Crippen MR) is 149 cm³/mol. The van der Waals surface area contributed by atoms with Gasteiger partial charge in [0.25, 0.3) is 0 Å². The summed E-state index contributed by atoms with van der Waals surface area (Å²) in [5.74, 6) is -1.29. The second-order valence-electron chi connectivity index (χ2n) is 13.8. The fourth-order valence-corrected chi connectivity index (χ4v) is 10.0. The SMILES string of the molecule is CCc1[nH]cc(C)c1C(=O)O[C@@H](C)C1=CC[C@@]23OCCN(C)C[C@@]12C[C@@H](O)[C@]12O[C@@]4(O)CC[C@@]1(C)[C@H](CC=C32)C4. The zero-order valence-corrected chi connectivity index (χ0v) is 24.5. The maximum atomic E-state index is 13.5. The molecule has 0 aromatic carbocycles. The summed E-state index contributed by atoms with van der Waals surface area (Å²) in [7, 11) is 2.10. The molecule has 8 heteroatoms. The van der Waals surface area contributed by atoms with E-state index in [0.29, 0.717) is 44.4 Å². The van der Waals surface area contributed by atoms with E-state index in [1.54, 1.807) is 0 Å². The molecule has 8 rings (SSSR count). The Morgan fingerprint density at radius 3 is 2.88 bits per heavy atom. The van der Waals surface area contributed by atoms with E-state index in [1.807, 2.05) is 27.0 Å². The number of nitrogens with zero attached hydrogens (tertiary/aromatic N) is 1. The molecule has 4 heterocycles. The van der Waals surface area contributed by atoms with Crippen molar-refractivity contribution in [1.29, 1.82) is 0 Å². The lowest BCUT2D eigenvalue weighted by molar-refractivity contribution is -0.401. The zero-order chi connectivity index (χ0) is 28.3. The van der Waals surface area contributed by atoms with E-state index in [-0.39, 0.29) is 17.3 Å². The first-order valence-electron chi connectivity index (χ1n) is 15.2. The number of hydrogen-bond donors (Lipinski definition) is 3. The van der Waals surface area contributed by atoms with Crippen LogP contribution in [0.4, 0.5) is 0 Å². The molecule has 0 unspecified atom stereocenters. The third-order valence-corrected chi connectivity index (χ3v) is 11.9. The number of carbonyl (C=O) groups is 1. The number of aromatic amines is 1. The van der Waals surface area contributed by atoms with Crippen molar-refractivity contribution in [3.63, 3.8) is 0 Å². The molecule has 7 aliphatic rings. The highest BCUT2D eigenvalue weighted by Gasteiger charge is 2.79. The van der Waals surface area contributed by atoms with Crippen LogP contribution in [0.1, 0.15) is 80.9 Å². The van der Waals surface area contributed by atoms with Gasteiger partial charge in [-0.25, -0.2) is 4.79 Å². The fraction of sp³-hybridized carbons (Fsp3) is 0.719. The largest absolute Gasteiger partial charge is 0.454 e. The number of fused-ring (bicyclic) bond motifs is 1. The Hall–Kier alpha value is -1.97. The molecule has 8 atom stereocenters. The lowest BCUT2D eigenvalue weighted by Gasteiger charge is -2.73. The number of aromatic nitrogens is 1. The van der Waals surface area contributed by atoms with Crippen molar-refractivity contribution in [3.05, 3.63) is 46.3 Å². The van der Waals surface area contributed by atoms with Crippen LogP contribution in [-0.2, 0) is 20.6 Å². The molecule has 1 aromatic heterocycles. The molecule has 2 saturated carbocycles. The third kappa shape index (κ3) is 3.12. The van der Waals surface area contributed by atoms with E-state index < -0.39 is 34.6 Å². The van der Waals surface area contributed by atoms with Crippen molar-refractivity contribution < 1.29 is 29.2 Å². The van der Waals surface area contributed by atoms with Gasteiger partial charge in [-0.15, -0.1) is 0 Å². The molecule has 0 amide bonds. The summed E-state index contributed by atoms with van der Waals surface area (Å²) in [5, 5.41) is 23.8. The van der Waals surface area contributed by atoms with Gasteiger partial charge in [-0.3, -0.25) is 0 Å². The lowest BCUT2D eigenvalue weighted by Crippen LogP contribution is -2.79. The Morgan fingerprint density at radius 1 is 1.30 bits per heavy atom. The van der Waals surface area contributed by atoms with Crippen LogP contribution < -0.4 is 0 Å². The topological polar surface area (TPSA) is 104 Å². The molecular formula is C32H44N2O6. The van der Waals surface area contributed by atoms with E-state index in [9.17, 15) is 15.0 Å². The number of likely N-dealkylation sites (N-methyl/N-ethyl adjacent to an activating group) is 1. The maximum absolute atomic E-state index is 13.5. The minimum Gasteiger partial charge on any atom is -0.454 e. The van der Waals surface area contributed by atoms with Crippen molar-refractivity contribution in [2.24, 2.45) is 16.7 Å². The van der Waals surface area contributed by atoms with Crippen molar-refractivity contribution in [2.45, 2.75) is 102 Å². The van der Waals surface area contributed by atoms with Gasteiger partial charge in [0.15, 0.2) is 5.79 Å². The molecule has 40 heavy (non-hydrogen) atoms. The number of ether oxygens (including phenoxy) is 3. The molecule has 0 radical (unpaired) electrons. The Labute approximate surface area is 236 Å². The molecule has 1 aromatic rings. The average molecular weight is 553 g/mol. The molecule has 8 nitrogen and oxygen atoms in total. The number of nitrogens with one attached hydrogen (secondary N) is 1. The minimum absolute atomic E-state index is 0.252. The van der Waals surface area contributed by atoms with E-state index in [2.05, 4.69) is 36.0 Å². The van der Waals surface area contributed by atoms with Gasteiger partial charge in [-0.2, -0.15) is 0 Å². The van der Waals surface area contributed by atoms with Gasteiger partial charge in [0, 0.05) is 48.7 Å². The lowest BCUT2D eigenvalue weighted by atomic mass is 9.41. The van der Waals surface area contributed by atoms with Gasteiger partial charge in [-0.05, 0) is 75.6 Å². The maximum Gasteiger partial charge on any atom is 0.340 e. The Bertz CT molecular complexity index is 1320. The summed E-state index contributed by atoms with van der Waals surface area (Å²) >= 11 is 0. The fourth-order valence-electron chi connectivity index (χ4n) is 10.0. The molecule has 4 aliphatic carbocycles. The molecule has 1 spiro atoms. The first kappa shape index (κ1) is 26.9. The van der Waals surface area contributed by atoms with Crippen LogP contribution >= 0.6 is 0 Å². The number of rotatable bonds is 4. The van der Waals surface area contributed by atoms with Crippen molar-refractivity contribution in [1.82, 2.24) is 9.88 Å². The van der Waals surface area contributed by atoms with Gasteiger partial charge >= 0.3 is 5.97 Å². The van der Waals surface area contributed by atoms with Crippen molar-refractivity contribution in [2.75, 3.05) is 26.7 Å². The minimum atomic E-state index is -1.22. The normalized spacial score (nSPS) is 44.6. The molecule has 3 saturated heterocycles. The molecule has 218 valence electrons. The van der Waals surface area contributed by atoms with Crippen LogP contribution in [0.3, 0.4) is 0 Å². The molecule has 4 bridgehead atoms. The highest BCUT2D eigenvalue weighted by molar-refractivity contribution is 5.92. The quantitative estimate of drug-likeness (QED) is 0.386. The average Bonchev–Trinajstić information content (AvgIpc) is 3.37. The van der Waals surface area contributed by atoms with Crippen molar-refractivity contribution >= 4 is 5.97 Å². The van der Waals surface area contributed by atoms with E-state index >= 15 is 0 Å². The van der Waals surface area contributed by atoms with Gasteiger partial charge < -0.3 is 34.3 Å². The number of allylic oxidation sites excluding steroid dienone is 1. The highest BCUT2D eigenvalue weighted by Crippen LogP contribution is 2.74. The zero-order valence-electron chi connectivity index (χ0n) is 24.5. The Morgan fingerprint density at radius 2 is 2.10 bits per heavy atom. The summed E-state index contributed by atoms with van der Waals surface area (Å²) in [6.45, 7) is 10.2. The standard InChI is InChI=1S/C32H44N2O6/c1-6-23-26(19(2)17-33-23)27(36)39-20(3)22-9-10-31-24-8-7-21-15-30(37)12-11-28(21,4)32(24,40-30)25(35)16-29(22,31)18-34(5)13-14-38-31/h8-9,17,20-21,25,33,35,37H,6-7,10-16,18H2,1-5H3/t20-,21+,25+,28-,29-,30-,31-,32-/m0/s1. The Balaban J connectivity index is 1.32. The van der Waals surface area contributed by atoms with Crippen LogP contribution in [0.15, 0.2) is 29.5 Å². The van der Waals surface area contributed by atoms with Gasteiger partial charge in [0.2, 0.25) is 0 Å². The summed E-state index contributed by atoms with van der Waals surface area (Å²) in [4.78, 5) is 19.0. The smallest absolute Gasteiger partial charge is 0.340 e. The first-order valence-corrected chi connectivity index (χ1v) is 15.2. The van der Waals surface area contributed by atoms with Gasteiger partial charge in [0.05, 0.1) is 18.3 Å². The van der Waals surface area contributed by atoms with Crippen LogP contribution in [0.2, 0.25) is 0 Å². The molecule has 5 fully saturated rings. The second-order valence-corrected chi connectivity index (χ2v) is 13.8. The third-order valence-electron chi connectivity index (χ3n) is 11.9. The van der Waals surface area contributed by atoms with Crippen LogP contribution in [0.5, 0.6) is 0 Å². The number of H-pyrrole nitrogens is 1. The summed E-state index contributed by atoms with van der Waals surface area (Å²) < 4.78 is 20.0. The Kier molecular flexibility index (Phi) is 5.74. The first-order chi connectivity index (χ1) is 19.0. The summed E-state index contributed by atoms with van der Waals surface area (Å²) in [5.41, 5.74) is 1.80. The van der Waals surface area contributed by atoms with E-state index in [4.69, 9.17) is 14.2 Å². The monoisotopic (exact) mass is 552 g/mol. The second kappa shape index (κ2) is 8.54. The number of esters is 1.